The van der Waals surface area contributed by atoms with E-state index in [1.54, 1.807) is 6.07 Å². The topological polar surface area (TPSA) is 37.3 Å². The van der Waals surface area contributed by atoms with Crippen molar-refractivity contribution in [2.24, 2.45) is 7.05 Å². The third kappa shape index (κ3) is 4.12. The Bertz CT molecular complexity index is 1040. The van der Waals surface area contributed by atoms with Gasteiger partial charge in [-0.25, -0.2) is 4.39 Å². The van der Waals surface area contributed by atoms with Crippen LogP contribution >= 0.6 is 0 Å². The third-order valence-corrected chi connectivity index (χ3v) is 6.41. The fourth-order valence-electron chi connectivity index (χ4n) is 4.63. The first-order chi connectivity index (χ1) is 14.5. The van der Waals surface area contributed by atoms with Crippen molar-refractivity contribution >= 4 is 16.8 Å². The van der Waals surface area contributed by atoms with Gasteiger partial charge in [-0.05, 0) is 55.6 Å². The molecule has 0 bridgehead atoms. The maximum atomic E-state index is 14.6. The molecule has 0 unspecified atom stereocenters. The van der Waals surface area contributed by atoms with E-state index in [9.17, 15) is 9.18 Å². The van der Waals surface area contributed by atoms with Crippen LogP contribution in [0.2, 0.25) is 0 Å². The average molecular weight is 408 g/mol. The average Bonchev–Trinajstić information content (AvgIpc) is 3.35. The molecule has 4 nitrogen and oxygen atoms in total. The van der Waals surface area contributed by atoms with Crippen LogP contribution < -0.4 is 5.32 Å². The molecule has 4 rings (SSSR count). The minimum atomic E-state index is -0.190. The van der Waals surface area contributed by atoms with E-state index in [1.165, 1.54) is 5.56 Å². The summed E-state index contributed by atoms with van der Waals surface area (Å²) in [6.07, 6.45) is 5.65. The summed E-state index contributed by atoms with van der Waals surface area (Å²) in [7, 11) is 4.12. The van der Waals surface area contributed by atoms with Gasteiger partial charge in [0.25, 0.3) is 0 Å². The lowest BCUT2D eigenvalue weighted by Crippen LogP contribution is -2.35. The van der Waals surface area contributed by atoms with Crippen molar-refractivity contribution in [3.63, 3.8) is 0 Å². The van der Waals surface area contributed by atoms with Crippen LogP contribution in [0.15, 0.2) is 48.7 Å². The normalized spacial score (nSPS) is 19.0. The summed E-state index contributed by atoms with van der Waals surface area (Å²) in [6, 6.07) is 14.4. The summed E-state index contributed by atoms with van der Waals surface area (Å²) < 4.78 is 16.6. The smallest absolute Gasteiger partial charge is 0.219 e. The molecule has 158 valence electrons. The number of rotatable bonds is 6. The Morgan fingerprint density at radius 1 is 1.17 bits per heavy atom. The first-order valence-electron chi connectivity index (χ1n) is 10.8. The van der Waals surface area contributed by atoms with E-state index < -0.39 is 0 Å². The van der Waals surface area contributed by atoms with Crippen molar-refractivity contribution in [1.29, 1.82) is 0 Å². The molecular weight excluding hydrogens is 377 g/mol. The predicted molar refractivity (Wildman–Crippen MR) is 120 cm³/mol. The second-order valence-electron chi connectivity index (χ2n) is 8.48. The van der Waals surface area contributed by atoms with Crippen LogP contribution in [0.1, 0.15) is 38.2 Å². The number of aromatic nitrogens is 1. The zero-order valence-electron chi connectivity index (χ0n) is 18.0. The molecule has 1 fully saturated rings. The van der Waals surface area contributed by atoms with Crippen molar-refractivity contribution in [2.45, 2.75) is 51.2 Å². The van der Waals surface area contributed by atoms with E-state index in [2.05, 4.69) is 29.4 Å². The quantitative estimate of drug-likeness (QED) is 0.633. The van der Waals surface area contributed by atoms with Gasteiger partial charge in [0.15, 0.2) is 0 Å². The van der Waals surface area contributed by atoms with Crippen molar-refractivity contribution in [3.05, 3.63) is 60.0 Å². The van der Waals surface area contributed by atoms with Crippen LogP contribution in [0.5, 0.6) is 0 Å². The molecule has 0 saturated heterocycles. The van der Waals surface area contributed by atoms with Crippen molar-refractivity contribution in [1.82, 2.24) is 14.8 Å². The summed E-state index contributed by atoms with van der Waals surface area (Å²) in [4.78, 5) is 14.0. The number of carbonyl (C=O) groups is 1. The summed E-state index contributed by atoms with van der Waals surface area (Å²) in [5.41, 5.74) is 3.81. The van der Waals surface area contributed by atoms with Crippen LogP contribution in [0.3, 0.4) is 0 Å². The van der Waals surface area contributed by atoms with E-state index in [0.717, 1.165) is 42.3 Å². The van der Waals surface area contributed by atoms with Gasteiger partial charge in [-0.3, -0.25) is 9.69 Å². The number of nitrogens with zero attached hydrogens (tertiary/aromatic N) is 2. The Hall–Kier alpha value is -2.66. The van der Waals surface area contributed by atoms with E-state index in [-0.39, 0.29) is 11.7 Å². The molecule has 3 aromatic rings. The van der Waals surface area contributed by atoms with E-state index in [4.69, 9.17) is 0 Å². The number of fused-ring (bicyclic) bond motifs is 1. The van der Waals surface area contributed by atoms with Gasteiger partial charge in [0.05, 0.1) is 0 Å². The Labute approximate surface area is 177 Å². The number of halogens is 1. The number of carbonyl (C=O) groups excluding carboxylic acids is 1. The van der Waals surface area contributed by atoms with Gasteiger partial charge in [0.2, 0.25) is 5.91 Å². The fraction of sp³-hybridized carbons (Fsp3) is 0.400. The predicted octanol–water partition coefficient (Wildman–Crippen LogP) is 4.86. The second kappa shape index (κ2) is 8.60. The van der Waals surface area contributed by atoms with Crippen LogP contribution in [0.4, 0.5) is 4.39 Å². The highest BCUT2D eigenvalue weighted by atomic mass is 19.1. The van der Waals surface area contributed by atoms with E-state index >= 15 is 0 Å². The highest BCUT2D eigenvalue weighted by Crippen LogP contribution is 2.32. The first-order valence-corrected chi connectivity index (χ1v) is 10.8. The molecule has 30 heavy (non-hydrogen) atoms. The zero-order valence-corrected chi connectivity index (χ0v) is 18.0. The van der Waals surface area contributed by atoms with Gasteiger partial charge in [-0.2, -0.15) is 0 Å². The molecule has 2 atom stereocenters. The molecule has 1 aromatic heterocycles. The molecular formula is C25H30FN3O. The number of hydrogen-bond acceptors (Lipinski definition) is 2. The molecule has 2 aromatic carbocycles. The standard InChI is InChI=1S/C25H30FN3O/c1-4-24(30)27-19-9-10-20(15-19)29(3)16-17-5-7-18(8-6-17)25-21-13-14-28(2)23(21)12-11-22(25)26/h5-8,11-14,19-20H,4,9-10,15-16H2,1-3H3,(H,27,30)/t19-,20+/m0/s1. The summed E-state index contributed by atoms with van der Waals surface area (Å²) in [6.45, 7) is 2.74. The summed E-state index contributed by atoms with van der Waals surface area (Å²) in [5.74, 6) is -0.0516. The third-order valence-electron chi connectivity index (χ3n) is 6.41. The maximum absolute atomic E-state index is 14.6. The van der Waals surface area contributed by atoms with Crippen molar-refractivity contribution < 1.29 is 9.18 Å². The lowest BCUT2D eigenvalue weighted by Gasteiger charge is -2.24. The van der Waals surface area contributed by atoms with Gasteiger partial charge >= 0.3 is 0 Å². The largest absolute Gasteiger partial charge is 0.353 e. The first kappa shape index (κ1) is 20.6. The summed E-state index contributed by atoms with van der Waals surface area (Å²) >= 11 is 0. The Kier molecular flexibility index (Phi) is 5.91. The van der Waals surface area contributed by atoms with Gasteiger partial charge in [-0.1, -0.05) is 31.2 Å². The molecule has 1 aliphatic rings. The van der Waals surface area contributed by atoms with Crippen LogP contribution in [0, 0.1) is 5.82 Å². The van der Waals surface area contributed by atoms with Gasteiger partial charge < -0.3 is 9.88 Å². The number of benzene rings is 2. The Morgan fingerprint density at radius 2 is 1.93 bits per heavy atom. The molecule has 1 aliphatic carbocycles. The molecule has 1 amide bonds. The maximum Gasteiger partial charge on any atom is 0.219 e. The number of aryl methyl sites for hydroxylation is 1. The lowest BCUT2D eigenvalue weighted by molar-refractivity contribution is -0.121. The van der Waals surface area contributed by atoms with Crippen LogP contribution in [0.25, 0.3) is 22.0 Å². The minimum absolute atomic E-state index is 0.138. The number of amides is 1. The second-order valence-corrected chi connectivity index (χ2v) is 8.48. The van der Waals surface area contributed by atoms with Crippen molar-refractivity contribution in [2.75, 3.05) is 7.05 Å². The molecule has 1 N–H and O–H groups in total. The molecule has 0 aliphatic heterocycles. The summed E-state index contributed by atoms with van der Waals surface area (Å²) in [5, 5.41) is 4.06. The highest BCUT2D eigenvalue weighted by Gasteiger charge is 2.28. The minimum Gasteiger partial charge on any atom is -0.353 e. The Morgan fingerprint density at radius 3 is 2.67 bits per heavy atom. The number of nitrogens with one attached hydrogen (secondary N) is 1. The van der Waals surface area contributed by atoms with Crippen LogP contribution in [-0.4, -0.2) is 34.5 Å². The fourth-order valence-corrected chi connectivity index (χ4v) is 4.63. The molecule has 1 saturated carbocycles. The SMILES string of the molecule is CCC(=O)N[C@H]1CC[C@@H](N(C)Cc2ccc(-c3c(F)ccc4c3ccn4C)cc2)C1. The zero-order chi connectivity index (χ0) is 21.3. The van der Waals surface area contributed by atoms with Gasteiger partial charge in [-0.15, -0.1) is 0 Å². The van der Waals surface area contributed by atoms with E-state index in [1.807, 2.05) is 49.0 Å². The number of hydrogen-bond donors (Lipinski definition) is 1. The van der Waals surface area contributed by atoms with Gasteiger partial charge in [0, 0.05) is 54.8 Å². The van der Waals surface area contributed by atoms with Crippen LogP contribution in [-0.2, 0) is 18.4 Å². The Balaban J connectivity index is 1.45. The van der Waals surface area contributed by atoms with Crippen molar-refractivity contribution in [3.8, 4) is 11.1 Å². The molecule has 0 radical (unpaired) electrons. The van der Waals surface area contributed by atoms with Gasteiger partial charge in [0.1, 0.15) is 5.82 Å². The monoisotopic (exact) mass is 407 g/mol. The molecule has 0 spiro atoms. The molecule has 1 heterocycles. The highest BCUT2D eigenvalue weighted by molar-refractivity contribution is 5.95. The van der Waals surface area contributed by atoms with E-state index in [0.29, 0.717) is 24.1 Å². The molecule has 5 heteroatoms. The lowest BCUT2D eigenvalue weighted by atomic mass is 9.99.